The van der Waals surface area contributed by atoms with E-state index in [0.717, 1.165) is 17.5 Å². The quantitative estimate of drug-likeness (QED) is 0.610. The van der Waals surface area contributed by atoms with Crippen LogP contribution in [-0.4, -0.2) is 43.0 Å². The molecule has 0 radical (unpaired) electrons. The molecule has 3 rings (SSSR count). The Kier molecular flexibility index (Phi) is 6.28. The first-order valence-corrected chi connectivity index (χ1v) is 10.8. The third-order valence-electron chi connectivity index (χ3n) is 4.12. The molecule has 3 N–H and O–H groups in total. The Morgan fingerprint density at radius 2 is 1.77 bits per heavy atom. The van der Waals surface area contributed by atoms with Crippen LogP contribution >= 0.6 is 0 Å². The number of sulfone groups is 1. The maximum atomic E-state index is 11.7. The topological polar surface area (TPSA) is 133 Å². The number of hydrogen-bond acceptors (Lipinski definition) is 7. The van der Waals surface area contributed by atoms with Crippen LogP contribution in [0, 0.1) is 0 Å². The summed E-state index contributed by atoms with van der Waals surface area (Å²) in [7, 11) is -3.32. The molecule has 2 aromatic carbocycles. The smallest absolute Gasteiger partial charge is 0.414 e. The van der Waals surface area contributed by atoms with Gasteiger partial charge < -0.3 is 10.5 Å². The molecule has 9 nitrogen and oxygen atoms in total. The minimum absolute atomic E-state index is 0.169. The van der Waals surface area contributed by atoms with Crippen LogP contribution < -0.4 is 11.1 Å². The summed E-state index contributed by atoms with van der Waals surface area (Å²) in [6, 6.07) is 17.5. The van der Waals surface area contributed by atoms with Crippen molar-refractivity contribution in [2.75, 3.05) is 12.8 Å². The summed E-state index contributed by atoms with van der Waals surface area (Å²) in [4.78, 5) is 23.0. The van der Waals surface area contributed by atoms with Gasteiger partial charge in [0, 0.05) is 11.8 Å². The fraction of sp³-hybridized carbons (Fsp3) is 0.150. The first-order chi connectivity index (χ1) is 14.3. The first kappa shape index (κ1) is 21.2. The van der Waals surface area contributed by atoms with E-state index in [2.05, 4.69) is 5.10 Å². The lowest BCUT2D eigenvalue weighted by Crippen LogP contribution is -2.35. The molecule has 1 heterocycles. The van der Waals surface area contributed by atoms with Gasteiger partial charge in [-0.25, -0.2) is 17.9 Å². The molecule has 0 saturated heterocycles. The Bertz CT molecular complexity index is 1160. The zero-order valence-electron chi connectivity index (χ0n) is 16.1. The summed E-state index contributed by atoms with van der Waals surface area (Å²) >= 11 is 0. The number of aromatic nitrogens is 2. The third kappa shape index (κ3) is 5.10. The molecule has 10 heteroatoms. The van der Waals surface area contributed by atoms with Crippen molar-refractivity contribution in [3.8, 4) is 16.9 Å². The zero-order chi connectivity index (χ0) is 21.7. The number of imide groups is 1. The number of alkyl carbamates (subject to hydrolysis) is 1. The maximum absolute atomic E-state index is 11.7. The highest BCUT2D eigenvalue weighted by Gasteiger charge is 2.15. The second-order valence-electron chi connectivity index (χ2n) is 6.39. The summed E-state index contributed by atoms with van der Waals surface area (Å²) in [6.07, 6.45) is 0.222. The van der Waals surface area contributed by atoms with Crippen molar-refractivity contribution in [1.29, 1.82) is 0 Å². The van der Waals surface area contributed by atoms with Gasteiger partial charge in [0.1, 0.15) is 12.3 Å². The Morgan fingerprint density at radius 1 is 1.10 bits per heavy atom. The molecule has 0 aliphatic carbocycles. The van der Waals surface area contributed by atoms with E-state index < -0.39 is 21.8 Å². The number of nitrogens with one attached hydrogen (secondary N) is 1. The van der Waals surface area contributed by atoms with Gasteiger partial charge in [0.25, 0.3) is 0 Å². The highest BCUT2D eigenvalue weighted by molar-refractivity contribution is 7.90. The standard InChI is InChI=1S/C20H20N4O5S/c1-30(27,28)17-9-7-16(8-10-17)24-18(14-5-3-2-4-6-14)11-15(23-24)13-29-20(26)22-19(25)12-21/h2-11H,12-13,21H2,1H3,(H,22,25,26). The Hall–Kier alpha value is -3.50. The monoisotopic (exact) mass is 428 g/mol. The predicted molar refractivity (Wildman–Crippen MR) is 109 cm³/mol. The Balaban J connectivity index is 1.91. The van der Waals surface area contributed by atoms with Crippen molar-refractivity contribution in [2.45, 2.75) is 11.5 Å². The summed E-state index contributed by atoms with van der Waals surface area (Å²) in [5.74, 6) is -0.651. The second-order valence-corrected chi connectivity index (χ2v) is 8.41. The number of amides is 2. The lowest BCUT2D eigenvalue weighted by atomic mass is 10.1. The molecule has 0 unspecified atom stereocenters. The molecule has 0 spiro atoms. The molecular weight excluding hydrogens is 408 g/mol. The van der Waals surface area contributed by atoms with Crippen LogP contribution in [-0.2, 0) is 26.0 Å². The van der Waals surface area contributed by atoms with Crippen molar-refractivity contribution < 1.29 is 22.7 Å². The van der Waals surface area contributed by atoms with E-state index in [-0.39, 0.29) is 18.0 Å². The molecule has 0 aliphatic heterocycles. The van der Waals surface area contributed by atoms with Gasteiger partial charge in [-0.05, 0) is 30.3 Å². The van der Waals surface area contributed by atoms with Gasteiger partial charge in [-0.1, -0.05) is 30.3 Å². The maximum Gasteiger partial charge on any atom is 0.414 e. The molecule has 1 aromatic heterocycles. The minimum Gasteiger partial charge on any atom is -0.443 e. The average Bonchev–Trinajstić information content (AvgIpc) is 3.16. The average molecular weight is 428 g/mol. The largest absolute Gasteiger partial charge is 0.443 e. The second kappa shape index (κ2) is 8.89. The number of ether oxygens (including phenoxy) is 1. The van der Waals surface area contributed by atoms with Gasteiger partial charge in [0.2, 0.25) is 5.91 Å². The van der Waals surface area contributed by atoms with Crippen LogP contribution in [0.2, 0.25) is 0 Å². The number of carbonyl (C=O) groups is 2. The van der Waals surface area contributed by atoms with Crippen LogP contribution in [0.3, 0.4) is 0 Å². The third-order valence-corrected chi connectivity index (χ3v) is 5.25. The molecule has 2 amide bonds. The van der Waals surface area contributed by atoms with Gasteiger partial charge in [-0.2, -0.15) is 5.10 Å². The molecule has 0 fully saturated rings. The van der Waals surface area contributed by atoms with Crippen molar-refractivity contribution in [2.24, 2.45) is 5.73 Å². The summed E-state index contributed by atoms with van der Waals surface area (Å²) in [5.41, 5.74) is 7.81. The number of benzene rings is 2. The van der Waals surface area contributed by atoms with Crippen molar-refractivity contribution in [3.05, 3.63) is 66.4 Å². The van der Waals surface area contributed by atoms with Gasteiger partial charge in [0.15, 0.2) is 9.84 Å². The highest BCUT2D eigenvalue weighted by atomic mass is 32.2. The number of hydrogen-bond donors (Lipinski definition) is 2. The molecule has 30 heavy (non-hydrogen) atoms. The molecule has 0 saturated carbocycles. The minimum atomic E-state index is -3.32. The number of nitrogens with two attached hydrogens (primary N) is 1. The van der Waals surface area contributed by atoms with Gasteiger partial charge in [-0.3, -0.25) is 10.1 Å². The first-order valence-electron chi connectivity index (χ1n) is 8.89. The summed E-state index contributed by atoms with van der Waals surface area (Å²) in [6.45, 7) is -0.497. The number of rotatable bonds is 6. The molecule has 3 aromatic rings. The van der Waals surface area contributed by atoms with E-state index in [1.165, 1.54) is 12.1 Å². The van der Waals surface area contributed by atoms with Gasteiger partial charge in [-0.15, -0.1) is 0 Å². The highest BCUT2D eigenvalue weighted by Crippen LogP contribution is 2.25. The SMILES string of the molecule is CS(=O)(=O)c1ccc(-n2nc(COC(=O)NC(=O)CN)cc2-c2ccccc2)cc1. The summed E-state index contributed by atoms with van der Waals surface area (Å²) < 4.78 is 30.1. The number of nitrogens with zero attached hydrogens (tertiary/aromatic N) is 2. The Labute approximate surface area is 173 Å². The van der Waals surface area contributed by atoms with E-state index in [0.29, 0.717) is 11.4 Å². The fourth-order valence-corrected chi connectivity index (χ4v) is 3.32. The number of carbonyl (C=O) groups excluding carboxylic acids is 2. The van der Waals surface area contributed by atoms with Gasteiger partial charge >= 0.3 is 6.09 Å². The fourth-order valence-electron chi connectivity index (χ4n) is 2.69. The summed E-state index contributed by atoms with van der Waals surface area (Å²) in [5, 5.41) is 6.46. The molecule has 0 bridgehead atoms. The van der Waals surface area contributed by atoms with Crippen LogP contribution in [0.25, 0.3) is 16.9 Å². The molecule has 0 atom stereocenters. The Morgan fingerprint density at radius 3 is 2.37 bits per heavy atom. The van der Waals surface area contributed by atoms with Crippen molar-refractivity contribution >= 4 is 21.8 Å². The van der Waals surface area contributed by atoms with E-state index in [9.17, 15) is 18.0 Å². The van der Waals surface area contributed by atoms with Crippen molar-refractivity contribution in [1.82, 2.24) is 15.1 Å². The van der Waals surface area contributed by atoms with Crippen LogP contribution in [0.1, 0.15) is 5.69 Å². The zero-order valence-corrected chi connectivity index (χ0v) is 16.9. The van der Waals surface area contributed by atoms with Crippen LogP contribution in [0.5, 0.6) is 0 Å². The van der Waals surface area contributed by atoms with E-state index in [1.54, 1.807) is 22.9 Å². The molecule has 0 aliphatic rings. The lowest BCUT2D eigenvalue weighted by Gasteiger charge is -2.08. The molecule has 156 valence electrons. The van der Waals surface area contributed by atoms with Crippen molar-refractivity contribution in [3.63, 3.8) is 0 Å². The van der Waals surface area contributed by atoms with Crippen LogP contribution in [0.4, 0.5) is 4.79 Å². The predicted octanol–water partition coefficient (Wildman–Crippen LogP) is 1.65. The van der Waals surface area contributed by atoms with Gasteiger partial charge in [0.05, 0.1) is 22.8 Å². The van der Waals surface area contributed by atoms with E-state index in [1.807, 2.05) is 35.6 Å². The van der Waals surface area contributed by atoms with Crippen LogP contribution in [0.15, 0.2) is 65.6 Å². The van der Waals surface area contributed by atoms with E-state index in [4.69, 9.17) is 10.5 Å². The lowest BCUT2D eigenvalue weighted by molar-refractivity contribution is -0.119. The van der Waals surface area contributed by atoms with E-state index >= 15 is 0 Å². The molecular formula is C20H20N4O5S. The normalized spacial score (nSPS) is 11.1.